The molecule has 10 nitrogen and oxygen atoms in total. The third-order valence-corrected chi connectivity index (χ3v) is 10.9. The lowest BCUT2D eigenvalue weighted by Crippen LogP contribution is -2.44. The van der Waals surface area contributed by atoms with Gasteiger partial charge in [-0.05, 0) is 77.2 Å². The van der Waals surface area contributed by atoms with Crippen molar-refractivity contribution in [2.24, 2.45) is 0 Å². The maximum atomic E-state index is 12.2. The highest BCUT2D eigenvalue weighted by atomic mass is 16.6. The predicted molar refractivity (Wildman–Crippen MR) is 204 cm³/mol. The first-order valence-electron chi connectivity index (χ1n) is 21.3. The average molecular weight is 749 g/mol. The van der Waals surface area contributed by atoms with Gasteiger partial charge in [0.2, 0.25) is 0 Å². The van der Waals surface area contributed by atoms with E-state index in [1.54, 1.807) is 0 Å². The van der Waals surface area contributed by atoms with Gasteiger partial charge in [-0.25, -0.2) is 4.79 Å². The highest BCUT2D eigenvalue weighted by Crippen LogP contribution is 2.36. The summed E-state index contributed by atoms with van der Waals surface area (Å²) in [6, 6.07) is 0. The quantitative estimate of drug-likeness (QED) is 0.0434. The number of cyclic esters (lactones) is 1. The molecular formula is C43H72O10. The molecule has 8 atom stereocenters. The molecule has 0 aliphatic carbocycles. The molecule has 304 valence electrons. The fourth-order valence-corrected chi connectivity index (χ4v) is 8.25. The van der Waals surface area contributed by atoms with Gasteiger partial charge in [-0.1, -0.05) is 96.8 Å². The van der Waals surface area contributed by atoms with Crippen LogP contribution < -0.4 is 0 Å². The zero-order valence-corrected chi connectivity index (χ0v) is 33.7. The molecule has 1 unspecified atom stereocenters. The van der Waals surface area contributed by atoms with Gasteiger partial charge in [0.25, 0.3) is 0 Å². The van der Waals surface area contributed by atoms with Crippen LogP contribution in [0.1, 0.15) is 189 Å². The summed E-state index contributed by atoms with van der Waals surface area (Å²) in [5.74, 6) is -1.22. The molecule has 0 aromatic rings. The third kappa shape index (κ3) is 17.7. The summed E-state index contributed by atoms with van der Waals surface area (Å²) in [6.45, 7) is 8.36. The van der Waals surface area contributed by atoms with Crippen molar-refractivity contribution in [2.45, 2.75) is 238 Å². The van der Waals surface area contributed by atoms with E-state index < -0.39 is 18.2 Å². The molecule has 2 saturated heterocycles. The number of unbranched alkanes of at least 4 members (excludes halogenated alkanes) is 15. The Morgan fingerprint density at radius 2 is 1.13 bits per heavy atom. The van der Waals surface area contributed by atoms with E-state index in [-0.39, 0.29) is 54.5 Å². The van der Waals surface area contributed by atoms with Gasteiger partial charge >= 0.3 is 23.9 Å². The number of esters is 4. The van der Waals surface area contributed by atoms with Gasteiger partial charge in [0, 0.05) is 26.3 Å². The molecule has 0 aromatic carbocycles. The topological polar surface area (TPSA) is 124 Å². The Morgan fingerprint density at radius 1 is 0.642 bits per heavy atom. The van der Waals surface area contributed by atoms with Gasteiger partial charge in [-0.2, -0.15) is 0 Å². The summed E-state index contributed by atoms with van der Waals surface area (Å²) in [4.78, 5) is 48.0. The number of rotatable bonds is 28. The van der Waals surface area contributed by atoms with Crippen LogP contribution in [-0.4, -0.2) is 72.7 Å². The normalized spacial score (nSPS) is 24.4. The minimum Gasteiger partial charge on any atom is -0.460 e. The number of ether oxygens (including phenoxy) is 6. The first kappa shape index (κ1) is 44.9. The number of carbonyl (C=O) groups excluding carboxylic acids is 4. The monoisotopic (exact) mass is 749 g/mol. The van der Waals surface area contributed by atoms with Crippen molar-refractivity contribution in [3.63, 3.8) is 0 Å². The van der Waals surface area contributed by atoms with E-state index in [4.69, 9.17) is 28.4 Å². The van der Waals surface area contributed by atoms with Crippen LogP contribution in [0.2, 0.25) is 0 Å². The van der Waals surface area contributed by atoms with Crippen molar-refractivity contribution in [2.75, 3.05) is 0 Å². The van der Waals surface area contributed by atoms with Gasteiger partial charge in [-0.3, -0.25) is 14.4 Å². The van der Waals surface area contributed by atoms with Crippen LogP contribution in [0.5, 0.6) is 0 Å². The van der Waals surface area contributed by atoms with Crippen molar-refractivity contribution in [3.05, 3.63) is 11.6 Å². The molecule has 0 aromatic heterocycles. The van der Waals surface area contributed by atoms with E-state index >= 15 is 0 Å². The summed E-state index contributed by atoms with van der Waals surface area (Å²) >= 11 is 0. The predicted octanol–water partition coefficient (Wildman–Crippen LogP) is 9.57. The Kier molecular flexibility index (Phi) is 21.7. The summed E-state index contributed by atoms with van der Waals surface area (Å²) in [5.41, 5.74) is 0.844. The summed E-state index contributed by atoms with van der Waals surface area (Å²) in [6.07, 6.45) is 24.4. The molecule has 0 saturated carbocycles. The third-order valence-electron chi connectivity index (χ3n) is 10.9. The lowest BCUT2D eigenvalue weighted by Gasteiger charge is -2.31. The van der Waals surface area contributed by atoms with E-state index in [9.17, 15) is 19.2 Å². The van der Waals surface area contributed by atoms with Crippen LogP contribution in [0.25, 0.3) is 0 Å². The maximum Gasteiger partial charge on any atom is 0.334 e. The highest BCUT2D eigenvalue weighted by molar-refractivity contribution is 5.90. The first-order valence-corrected chi connectivity index (χ1v) is 21.3. The van der Waals surface area contributed by atoms with Crippen molar-refractivity contribution in [3.8, 4) is 0 Å². The SMILES string of the molecule is CCCCCCCCC[C@@H](OC(C)=O)[C@H](OC(C)=O)[C@@H]1CC[C@@H]([C@@H]2CC[C@@H]([C@@H](CCCCCCCCCCCCC3=CC(C)OC3=O)OC(C)=O)O2)O1. The molecule has 53 heavy (non-hydrogen) atoms. The fourth-order valence-electron chi connectivity index (χ4n) is 8.25. The summed E-state index contributed by atoms with van der Waals surface area (Å²) < 4.78 is 35.6. The second-order valence-electron chi connectivity index (χ2n) is 15.7. The lowest BCUT2D eigenvalue weighted by molar-refractivity contribution is -0.182. The van der Waals surface area contributed by atoms with E-state index in [2.05, 4.69) is 6.92 Å². The molecule has 0 N–H and O–H groups in total. The average Bonchev–Trinajstić information content (AvgIpc) is 3.86. The molecule has 2 fully saturated rings. The van der Waals surface area contributed by atoms with Gasteiger partial charge in [0.05, 0.1) is 24.4 Å². The first-order chi connectivity index (χ1) is 25.6. The molecule has 3 heterocycles. The Bertz CT molecular complexity index is 1120. The standard InChI is InChI=1S/C43H72O10/c1-6-7-8-9-14-19-22-25-40(50-33(4)45)42(51-34(5)46)41-29-28-39(53-41)38-27-26-37(52-38)36(49-32(3)44)24-21-18-16-13-11-10-12-15-17-20-23-35-30-31(2)48-43(35)47/h30-31,36-42H,6-29H2,1-5H3/t31?,36-,37+,38+,39+,40-,41+,42+/m1/s1. The maximum absolute atomic E-state index is 12.2. The van der Waals surface area contributed by atoms with E-state index in [0.29, 0.717) is 12.8 Å². The molecule has 0 amide bonds. The van der Waals surface area contributed by atoms with Gasteiger partial charge in [0.15, 0.2) is 6.10 Å². The summed E-state index contributed by atoms with van der Waals surface area (Å²) in [5, 5.41) is 0. The Labute approximate surface area is 320 Å². The van der Waals surface area contributed by atoms with Crippen molar-refractivity contribution >= 4 is 23.9 Å². The molecule has 0 bridgehead atoms. The Hall–Kier alpha value is -2.46. The van der Waals surface area contributed by atoms with Gasteiger partial charge in [0.1, 0.15) is 18.3 Å². The van der Waals surface area contributed by atoms with Gasteiger partial charge in [-0.15, -0.1) is 0 Å². The fraction of sp³-hybridized carbons (Fsp3) is 0.860. The van der Waals surface area contributed by atoms with Crippen molar-refractivity contribution < 1.29 is 47.6 Å². The van der Waals surface area contributed by atoms with Crippen LogP contribution >= 0.6 is 0 Å². The minimum absolute atomic E-state index is 0.0744. The second kappa shape index (κ2) is 25.6. The minimum atomic E-state index is -0.662. The van der Waals surface area contributed by atoms with Crippen molar-refractivity contribution in [1.29, 1.82) is 0 Å². The molecule has 0 spiro atoms. The molecular weight excluding hydrogens is 676 g/mol. The highest BCUT2D eigenvalue weighted by Gasteiger charge is 2.45. The number of carbonyl (C=O) groups is 4. The van der Waals surface area contributed by atoms with Gasteiger partial charge < -0.3 is 28.4 Å². The van der Waals surface area contributed by atoms with E-state index in [1.165, 1.54) is 85.0 Å². The molecule has 10 heteroatoms. The largest absolute Gasteiger partial charge is 0.460 e. The van der Waals surface area contributed by atoms with E-state index in [0.717, 1.165) is 82.6 Å². The van der Waals surface area contributed by atoms with Crippen LogP contribution in [-0.2, 0) is 47.6 Å². The second-order valence-corrected chi connectivity index (χ2v) is 15.7. The van der Waals surface area contributed by atoms with Crippen molar-refractivity contribution in [1.82, 2.24) is 0 Å². The molecule has 3 aliphatic heterocycles. The Balaban J connectivity index is 1.36. The summed E-state index contributed by atoms with van der Waals surface area (Å²) in [7, 11) is 0. The molecule has 3 rings (SSSR count). The van der Waals surface area contributed by atoms with Crippen LogP contribution in [0.3, 0.4) is 0 Å². The smallest absolute Gasteiger partial charge is 0.334 e. The van der Waals surface area contributed by atoms with E-state index in [1.807, 2.05) is 13.0 Å². The van der Waals surface area contributed by atoms with Crippen LogP contribution in [0.15, 0.2) is 11.6 Å². The zero-order chi connectivity index (χ0) is 38.4. The van der Waals surface area contributed by atoms with Crippen LogP contribution in [0, 0.1) is 0 Å². The number of hydrogen-bond acceptors (Lipinski definition) is 10. The number of hydrogen-bond donors (Lipinski definition) is 0. The Morgan fingerprint density at radius 3 is 1.66 bits per heavy atom. The lowest BCUT2D eigenvalue weighted by atomic mass is 9.98. The molecule has 0 radical (unpaired) electrons. The van der Waals surface area contributed by atoms with Crippen LogP contribution in [0.4, 0.5) is 0 Å². The molecule has 3 aliphatic rings. The zero-order valence-electron chi connectivity index (χ0n) is 33.7.